The van der Waals surface area contributed by atoms with E-state index >= 15 is 0 Å². The third-order valence-electron chi connectivity index (χ3n) is 7.11. The first-order valence-corrected chi connectivity index (χ1v) is 11.4. The molecule has 1 N–H and O–H groups in total. The lowest BCUT2D eigenvalue weighted by Crippen LogP contribution is -2.57. The van der Waals surface area contributed by atoms with E-state index in [-0.39, 0.29) is 23.4 Å². The van der Waals surface area contributed by atoms with Gasteiger partial charge in [0.1, 0.15) is 14.4 Å². The molecule has 0 aromatic heterocycles. The zero-order chi connectivity index (χ0) is 18.4. The minimum absolute atomic E-state index is 0.0575. The standard InChI is InChI=1S/C22H27BO2P/c1-22(2)16-13-19(22)21(23-15-24)20(14-16)26(25,17-9-5-3-6-10-17)18-11-7-4-8-12-18/h3-12,16,19-21,24H,13-15H2,1-2H3/t16?,19?,20-,21-/m1/s1. The molecule has 3 saturated carbocycles. The van der Waals surface area contributed by atoms with Crippen molar-refractivity contribution in [2.45, 2.75) is 38.2 Å². The molecule has 1 radical (unpaired) electrons. The normalized spacial score (nSPS) is 29.7. The van der Waals surface area contributed by atoms with E-state index in [1.54, 1.807) is 0 Å². The van der Waals surface area contributed by atoms with E-state index in [4.69, 9.17) is 0 Å². The van der Waals surface area contributed by atoms with Gasteiger partial charge in [-0.2, -0.15) is 0 Å². The van der Waals surface area contributed by atoms with Crippen LogP contribution in [0.15, 0.2) is 60.7 Å². The fourth-order valence-electron chi connectivity index (χ4n) is 5.49. The minimum atomic E-state index is -2.79. The van der Waals surface area contributed by atoms with Crippen LogP contribution in [-0.2, 0) is 4.57 Å². The molecule has 0 spiro atoms. The molecule has 0 aliphatic heterocycles. The van der Waals surface area contributed by atoms with E-state index in [0.717, 1.165) is 17.0 Å². The summed E-state index contributed by atoms with van der Waals surface area (Å²) in [5.41, 5.74) is 0.363. The Labute approximate surface area is 157 Å². The van der Waals surface area contributed by atoms with Gasteiger partial charge in [0.25, 0.3) is 0 Å². The number of fused-ring (bicyclic) bond motifs is 2. The summed E-state index contributed by atoms with van der Waals surface area (Å²) in [4.78, 5) is 0. The number of aliphatic hydroxyl groups is 1. The zero-order valence-corrected chi connectivity index (χ0v) is 16.5. The van der Waals surface area contributed by atoms with E-state index < -0.39 is 7.14 Å². The smallest absolute Gasteiger partial charge is 0.149 e. The number of rotatable bonds is 5. The fraction of sp³-hybridized carbons (Fsp3) is 0.455. The fourth-order valence-corrected chi connectivity index (χ4v) is 9.15. The largest absolute Gasteiger partial charge is 0.405 e. The topological polar surface area (TPSA) is 37.3 Å². The molecule has 2 aromatic rings. The summed E-state index contributed by atoms with van der Waals surface area (Å²) >= 11 is 0. The van der Waals surface area contributed by atoms with Crippen LogP contribution in [0.5, 0.6) is 0 Å². The van der Waals surface area contributed by atoms with Gasteiger partial charge in [0.15, 0.2) is 0 Å². The second kappa shape index (κ2) is 6.70. The van der Waals surface area contributed by atoms with Crippen molar-refractivity contribution in [2.24, 2.45) is 17.3 Å². The van der Waals surface area contributed by atoms with E-state index in [2.05, 4.69) is 13.8 Å². The molecule has 2 aromatic carbocycles. The summed E-state index contributed by atoms with van der Waals surface area (Å²) in [6, 6.07) is 20.0. The number of hydrogen-bond acceptors (Lipinski definition) is 2. The highest BCUT2D eigenvalue weighted by Gasteiger charge is 2.60. The third-order valence-corrected chi connectivity index (χ3v) is 10.7. The maximum absolute atomic E-state index is 14.7. The Hall–Kier alpha value is -1.31. The molecule has 4 atom stereocenters. The minimum Gasteiger partial charge on any atom is -0.405 e. The summed E-state index contributed by atoms with van der Waals surface area (Å²) in [5, 5.41) is 11.6. The maximum Gasteiger partial charge on any atom is 0.149 e. The predicted molar refractivity (Wildman–Crippen MR) is 110 cm³/mol. The van der Waals surface area contributed by atoms with Crippen molar-refractivity contribution in [1.82, 2.24) is 0 Å². The van der Waals surface area contributed by atoms with Crippen molar-refractivity contribution in [3.05, 3.63) is 60.7 Å². The summed E-state index contributed by atoms with van der Waals surface area (Å²) in [6.45, 7) is 4.74. The van der Waals surface area contributed by atoms with Crippen molar-refractivity contribution in [3.8, 4) is 0 Å². The van der Waals surface area contributed by atoms with Gasteiger partial charge in [-0.25, -0.2) is 0 Å². The molecule has 0 amide bonds. The quantitative estimate of drug-likeness (QED) is 0.645. The highest BCUT2D eigenvalue weighted by atomic mass is 31.2. The zero-order valence-electron chi connectivity index (χ0n) is 15.6. The molecule has 26 heavy (non-hydrogen) atoms. The van der Waals surface area contributed by atoms with Crippen molar-refractivity contribution >= 4 is 25.0 Å². The van der Waals surface area contributed by atoms with Crippen LogP contribution in [0.2, 0.25) is 5.82 Å². The van der Waals surface area contributed by atoms with E-state index in [0.29, 0.717) is 11.8 Å². The molecule has 0 heterocycles. The van der Waals surface area contributed by atoms with Gasteiger partial charge in [-0.15, -0.1) is 0 Å². The number of hydrogen-bond donors (Lipinski definition) is 1. The molecule has 5 rings (SSSR count). The lowest BCUT2D eigenvalue weighted by molar-refractivity contribution is -0.0627. The number of benzene rings is 2. The molecule has 2 unspecified atom stereocenters. The van der Waals surface area contributed by atoms with Crippen LogP contribution in [0, 0.1) is 17.3 Å². The van der Waals surface area contributed by atoms with Gasteiger partial charge in [0, 0.05) is 22.8 Å². The lowest BCUT2D eigenvalue weighted by Gasteiger charge is -2.63. The Morgan fingerprint density at radius 2 is 1.54 bits per heavy atom. The van der Waals surface area contributed by atoms with E-state index in [1.807, 2.05) is 67.9 Å². The molecule has 3 fully saturated rings. The monoisotopic (exact) mass is 365 g/mol. The predicted octanol–water partition coefficient (Wildman–Crippen LogP) is 3.88. The Morgan fingerprint density at radius 3 is 2.00 bits per heavy atom. The van der Waals surface area contributed by atoms with Crippen molar-refractivity contribution in [1.29, 1.82) is 0 Å². The van der Waals surface area contributed by atoms with Crippen LogP contribution in [0.4, 0.5) is 0 Å². The van der Waals surface area contributed by atoms with Crippen LogP contribution in [0.25, 0.3) is 0 Å². The molecule has 135 valence electrons. The van der Waals surface area contributed by atoms with Crippen LogP contribution in [-0.4, -0.2) is 24.6 Å². The van der Waals surface area contributed by atoms with Gasteiger partial charge in [0.2, 0.25) is 0 Å². The molecule has 2 nitrogen and oxygen atoms in total. The highest BCUT2D eigenvalue weighted by Crippen LogP contribution is 2.70. The molecule has 3 aliphatic rings. The van der Waals surface area contributed by atoms with Gasteiger partial charge >= 0.3 is 0 Å². The Balaban J connectivity index is 1.83. The SMILES string of the molecule is CC1(C)C2CC1[C@@H]([B]CO)[C@H](P(=O)(c1ccccc1)c1ccccc1)C2. The van der Waals surface area contributed by atoms with Gasteiger partial charge in [-0.05, 0) is 30.1 Å². The van der Waals surface area contributed by atoms with Crippen LogP contribution in [0.3, 0.4) is 0 Å². The first kappa shape index (κ1) is 18.1. The molecule has 2 bridgehead atoms. The van der Waals surface area contributed by atoms with Gasteiger partial charge in [0.05, 0.1) is 0 Å². The van der Waals surface area contributed by atoms with Gasteiger partial charge < -0.3 is 9.67 Å². The Bertz CT molecular complexity index is 762. The molecule has 0 saturated heterocycles. The Kier molecular flexibility index (Phi) is 4.65. The summed E-state index contributed by atoms with van der Waals surface area (Å²) < 4.78 is 14.7. The molecule has 3 aliphatic carbocycles. The summed E-state index contributed by atoms with van der Waals surface area (Å²) in [6.07, 6.45) is 2.18. The second-order valence-electron chi connectivity index (χ2n) is 8.49. The highest BCUT2D eigenvalue weighted by molar-refractivity contribution is 7.79. The molecule has 4 heteroatoms. The van der Waals surface area contributed by atoms with Crippen molar-refractivity contribution < 1.29 is 9.67 Å². The average molecular weight is 365 g/mol. The maximum atomic E-state index is 14.7. The van der Waals surface area contributed by atoms with Crippen LogP contribution in [0.1, 0.15) is 26.7 Å². The van der Waals surface area contributed by atoms with Crippen LogP contribution < -0.4 is 10.6 Å². The Morgan fingerprint density at radius 1 is 1.00 bits per heavy atom. The van der Waals surface area contributed by atoms with Gasteiger partial charge in [-0.1, -0.05) is 80.3 Å². The van der Waals surface area contributed by atoms with Crippen LogP contribution >= 0.6 is 7.14 Å². The molecular weight excluding hydrogens is 338 g/mol. The summed E-state index contributed by atoms with van der Waals surface area (Å²) in [7, 11) is -0.758. The summed E-state index contributed by atoms with van der Waals surface area (Å²) in [5.74, 6) is 1.34. The van der Waals surface area contributed by atoms with Gasteiger partial charge in [-0.3, -0.25) is 0 Å². The third kappa shape index (κ3) is 2.63. The molecular formula is C22H27BO2P. The first-order chi connectivity index (χ1) is 12.5. The second-order valence-corrected chi connectivity index (χ2v) is 11.5. The van der Waals surface area contributed by atoms with E-state index in [9.17, 15) is 9.67 Å². The number of aliphatic hydroxyl groups excluding tert-OH is 1. The lowest BCUT2D eigenvalue weighted by atomic mass is 9.38. The van der Waals surface area contributed by atoms with E-state index in [1.165, 1.54) is 6.42 Å². The average Bonchev–Trinajstić information content (AvgIpc) is 2.68. The first-order valence-electron chi connectivity index (χ1n) is 9.64. The van der Waals surface area contributed by atoms with Crippen molar-refractivity contribution in [2.75, 3.05) is 6.51 Å². The van der Waals surface area contributed by atoms with Crippen molar-refractivity contribution in [3.63, 3.8) is 0 Å².